The Hall–Kier alpha value is -2.38. The summed E-state index contributed by atoms with van der Waals surface area (Å²) in [5.41, 5.74) is 1.83. The lowest BCUT2D eigenvalue weighted by Gasteiger charge is -2.28. The molecule has 1 atom stereocenters. The van der Waals surface area contributed by atoms with Gasteiger partial charge in [-0.15, -0.1) is 0 Å². The molecule has 1 unspecified atom stereocenters. The van der Waals surface area contributed by atoms with Gasteiger partial charge in [0.2, 0.25) is 5.91 Å². The Kier molecular flexibility index (Phi) is 6.70. The third kappa shape index (κ3) is 5.81. The van der Waals surface area contributed by atoms with E-state index in [1.807, 2.05) is 54.6 Å². The molecule has 7 heteroatoms. The van der Waals surface area contributed by atoms with Crippen LogP contribution in [0.4, 0.5) is 5.69 Å². The molecular formula is C21H26N2O4S. The minimum atomic E-state index is -2.99. The fourth-order valence-corrected chi connectivity index (χ4v) is 5.17. The quantitative estimate of drug-likeness (QED) is 0.735. The van der Waals surface area contributed by atoms with Crippen LogP contribution in [0.15, 0.2) is 54.6 Å². The van der Waals surface area contributed by atoms with Crippen molar-refractivity contribution in [3.8, 4) is 5.75 Å². The molecule has 0 bridgehead atoms. The number of nitrogens with zero attached hydrogens (tertiary/aromatic N) is 1. The van der Waals surface area contributed by atoms with E-state index in [0.29, 0.717) is 25.9 Å². The minimum absolute atomic E-state index is 0.0587. The molecule has 0 spiro atoms. The molecule has 0 aliphatic carbocycles. The van der Waals surface area contributed by atoms with E-state index in [4.69, 9.17) is 4.74 Å². The Morgan fingerprint density at radius 2 is 1.86 bits per heavy atom. The van der Waals surface area contributed by atoms with Crippen LogP contribution >= 0.6 is 0 Å². The molecule has 0 saturated carbocycles. The standard InChI is InChI=1S/C21H26N2O4S/c1-27-20-9-7-17(8-10-20)15-23(19-12-14-28(25,26)16-19)13-11-21(24)22-18-5-3-2-4-6-18/h2-10,19H,11-16H2,1H3,(H,22,24). The average Bonchev–Trinajstić information content (AvgIpc) is 3.06. The first-order valence-electron chi connectivity index (χ1n) is 9.37. The van der Waals surface area contributed by atoms with Gasteiger partial charge in [-0.1, -0.05) is 30.3 Å². The highest BCUT2D eigenvalue weighted by Gasteiger charge is 2.32. The summed E-state index contributed by atoms with van der Waals surface area (Å²) in [6, 6.07) is 17.0. The molecule has 1 fully saturated rings. The Morgan fingerprint density at radius 1 is 1.14 bits per heavy atom. The van der Waals surface area contributed by atoms with Crippen molar-refractivity contribution in [2.75, 3.05) is 30.5 Å². The number of hydrogen-bond donors (Lipinski definition) is 1. The lowest BCUT2D eigenvalue weighted by molar-refractivity contribution is -0.116. The van der Waals surface area contributed by atoms with Gasteiger partial charge in [0.25, 0.3) is 0 Å². The Bertz CT molecular complexity index is 882. The van der Waals surface area contributed by atoms with Crippen LogP contribution in [0.3, 0.4) is 0 Å². The maximum Gasteiger partial charge on any atom is 0.225 e. The molecule has 6 nitrogen and oxygen atoms in total. The van der Waals surface area contributed by atoms with Crippen LogP contribution < -0.4 is 10.1 Å². The monoisotopic (exact) mass is 402 g/mol. The van der Waals surface area contributed by atoms with E-state index in [0.717, 1.165) is 17.0 Å². The van der Waals surface area contributed by atoms with E-state index in [1.165, 1.54) is 0 Å². The Labute approximate surface area is 166 Å². The number of ether oxygens (including phenoxy) is 1. The zero-order valence-electron chi connectivity index (χ0n) is 16.0. The van der Waals surface area contributed by atoms with Gasteiger partial charge in [0.15, 0.2) is 9.84 Å². The molecule has 28 heavy (non-hydrogen) atoms. The Balaban J connectivity index is 1.64. The zero-order valence-corrected chi connectivity index (χ0v) is 16.8. The van der Waals surface area contributed by atoms with Gasteiger partial charge in [0.1, 0.15) is 5.75 Å². The third-order valence-electron chi connectivity index (χ3n) is 4.95. The largest absolute Gasteiger partial charge is 0.497 e. The number of benzene rings is 2. The molecule has 1 heterocycles. The second-order valence-electron chi connectivity index (χ2n) is 7.04. The van der Waals surface area contributed by atoms with Crippen LogP contribution in [0.5, 0.6) is 5.75 Å². The highest BCUT2D eigenvalue weighted by molar-refractivity contribution is 7.91. The first-order valence-corrected chi connectivity index (χ1v) is 11.2. The number of para-hydroxylation sites is 1. The fraction of sp³-hybridized carbons (Fsp3) is 0.381. The summed E-state index contributed by atoms with van der Waals surface area (Å²) in [7, 11) is -1.37. The van der Waals surface area contributed by atoms with Gasteiger partial charge in [-0.05, 0) is 36.2 Å². The topological polar surface area (TPSA) is 75.7 Å². The smallest absolute Gasteiger partial charge is 0.225 e. The summed E-state index contributed by atoms with van der Waals surface area (Å²) in [4.78, 5) is 14.4. The Morgan fingerprint density at radius 3 is 2.46 bits per heavy atom. The van der Waals surface area contributed by atoms with Gasteiger partial charge in [-0.2, -0.15) is 0 Å². The first kappa shape index (κ1) is 20.4. The molecule has 0 radical (unpaired) electrons. The third-order valence-corrected chi connectivity index (χ3v) is 6.70. The maximum absolute atomic E-state index is 12.3. The van der Waals surface area contributed by atoms with Crippen molar-refractivity contribution in [3.05, 3.63) is 60.2 Å². The van der Waals surface area contributed by atoms with Crippen LogP contribution in [-0.2, 0) is 21.2 Å². The highest BCUT2D eigenvalue weighted by Crippen LogP contribution is 2.21. The van der Waals surface area contributed by atoms with E-state index in [2.05, 4.69) is 10.2 Å². The highest BCUT2D eigenvalue weighted by atomic mass is 32.2. The molecule has 0 aromatic heterocycles. The second kappa shape index (κ2) is 9.21. The SMILES string of the molecule is COc1ccc(CN(CCC(=O)Nc2ccccc2)C2CCS(=O)(=O)C2)cc1. The molecule has 1 saturated heterocycles. The van der Waals surface area contributed by atoms with E-state index < -0.39 is 9.84 Å². The van der Waals surface area contributed by atoms with Crippen LogP contribution in [0.1, 0.15) is 18.4 Å². The zero-order chi connectivity index (χ0) is 20.0. The van der Waals surface area contributed by atoms with Gasteiger partial charge < -0.3 is 10.1 Å². The van der Waals surface area contributed by atoms with Gasteiger partial charge in [-0.25, -0.2) is 8.42 Å². The molecular weight excluding hydrogens is 376 g/mol. The summed E-state index contributed by atoms with van der Waals surface area (Å²) in [5.74, 6) is 1.07. The summed E-state index contributed by atoms with van der Waals surface area (Å²) in [6.45, 7) is 1.10. The number of carbonyl (C=O) groups is 1. The van der Waals surface area contributed by atoms with Crippen molar-refractivity contribution in [2.45, 2.75) is 25.4 Å². The minimum Gasteiger partial charge on any atom is -0.497 e. The number of methoxy groups -OCH3 is 1. The number of carbonyl (C=O) groups excluding carboxylic acids is 1. The number of nitrogens with one attached hydrogen (secondary N) is 1. The predicted molar refractivity (Wildman–Crippen MR) is 110 cm³/mol. The van der Waals surface area contributed by atoms with Crippen molar-refractivity contribution in [3.63, 3.8) is 0 Å². The fourth-order valence-electron chi connectivity index (χ4n) is 3.41. The van der Waals surface area contributed by atoms with Gasteiger partial charge in [0.05, 0.1) is 18.6 Å². The summed E-state index contributed by atoms with van der Waals surface area (Å²) in [5, 5.41) is 2.88. The molecule has 1 aliphatic rings. The first-order chi connectivity index (χ1) is 13.4. The summed E-state index contributed by atoms with van der Waals surface area (Å²) < 4.78 is 29.1. The van der Waals surface area contributed by atoms with Gasteiger partial charge in [0, 0.05) is 31.2 Å². The molecule has 1 N–H and O–H groups in total. The number of hydrogen-bond acceptors (Lipinski definition) is 5. The van der Waals surface area contributed by atoms with Crippen LogP contribution in [0.25, 0.3) is 0 Å². The lowest BCUT2D eigenvalue weighted by atomic mass is 10.1. The second-order valence-corrected chi connectivity index (χ2v) is 9.27. The molecule has 2 aromatic carbocycles. The van der Waals surface area contributed by atoms with Crippen LogP contribution in [-0.4, -0.2) is 50.4 Å². The van der Waals surface area contributed by atoms with E-state index >= 15 is 0 Å². The number of anilines is 1. The molecule has 2 aromatic rings. The molecule has 1 amide bonds. The molecule has 150 valence electrons. The number of amides is 1. The van der Waals surface area contributed by atoms with Gasteiger partial charge >= 0.3 is 0 Å². The average molecular weight is 403 g/mol. The molecule has 1 aliphatic heterocycles. The lowest BCUT2D eigenvalue weighted by Crippen LogP contribution is -2.37. The number of rotatable bonds is 8. The summed E-state index contributed by atoms with van der Waals surface area (Å²) in [6.07, 6.45) is 0.917. The maximum atomic E-state index is 12.3. The summed E-state index contributed by atoms with van der Waals surface area (Å²) >= 11 is 0. The van der Waals surface area contributed by atoms with E-state index in [-0.39, 0.29) is 23.5 Å². The molecule has 3 rings (SSSR count). The predicted octanol–water partition coefficient (Wildman–Crippen LogP) is 2.71. The van der Waals surface area contributed by atoms with E-state index in [9.17, 15) is 13.2 Å². The normalized spacial score (nSPS) is 18.1. The van der Waals surface area contributed by atoms with Crippen molar-refractivity contribution < 1.29 is 17.9 Å². The van der Waals surface area contributed by atoms with Crippen LogP contribution in [0.2, 0.25) is 0 Å². The van der Waals surface area contributed by atoms with Crippen molar-refractivity contribution in [2.24, 2.45) is 0 Å². The number of sulfone groups is 1. The van der Waals surface area contributed by atoms with Crippen molar-refractivity contribution in [1.82, 2.24) is 4.90 Å². The van der Waals surface area contributed by atoms with Crippen molar-refractivity contribution >= 4 is 21.4 Å². The van der Waals surface area contributed by atoms with Gasteiger partial charge in [-0.3, -0.25) is 9.69 Å². The van der Waals surface area contributed by atoms with E-state index in [1.54, 1.807) is 7.11 Å². The van der Waals surface area contributed by atoms with Crippen molar-refractivity contribution in [1.29, 1.82) is 0 Å². The van der Waals surface area contributed by atoms with Crippen LogP contribution in [0, 0.1) is 0 Å².